The van der Waals surface area contributed by atoms with Crippen LogP contribution in [0.2, 0.25) is 0 Å². The van der Waals surface area contributed by atoms with E-state index in [2.05, 4.69) is 13.8 Å². The third-order valence-corrected chi connectivity index (χ3v) is 8.24. The Bertz CT molecular complexity index is 707. The van der Waals surface area contributed by atoms with Crippen LogP contribution in [-0.4, -0.2) is 75.5 Å². The maximum absolute atomic E-state index is 12.5. The molecule has 0 amide bonds. The Morgan fingerprint density at radius 3 is 1.45 bits per heavy atom. The second-order valence-corrected chi connectivity index (χ2v) is 13.5. The minimum atomic E-state index is -1.13. The number of likely N-dealkylation sites (N-methyl/N-ethyl adjacent to an activating group) is 1. The van der Waals surface area contributed by atoms with E-state index in [1.54, 1.807) is 21.1 Å². The normalized spacial score (nSPS) is 13.0. The van der Waals surface area contributed by atoms with Crippen molar-refractivity contribution in [2.24, 2.45) is 0 Å². The topological polar surface area (TPSA) is 102 Å². The highest BCUT2D eigenvalue weighted by Crippen LogP contribution is 2.15. The van der Waals surface area contributed by atoms with E-state index >= 15 is 0 Å². The van der Waals surface area contributed by atoms with Crippen LogP contribution in [0.5, 0.6) is 0 Å². The number of carbonyl (C=O) groups excluding carboxylic acids is 3. The largest absolute Gasteiger partial charge is 0.544 e. The summed E-state index contributed by atoms with van der Waals surface area (Å²) < 4.78 is 16.9. The molecular formula is C36H69NO7. The van der Waals surface area contributed by atoms with Crippen molar-refractivity contribution in [2.45, 2.75) is 174 Å². The van der Waals surface area contributed by atoms with Crippen molar-refractivity contribution in [3.05, 3.63) is 0 Å². The number of carboxylic acids is 1. The predicted octanol–water partition coefficient (Wildman–Crippen LogP) is 7.29. The van der Waals surface area contributed by atoms with Gasteiger partial charge >= 0.3 is 11.9 Å². The quantitative estimate of drug-likeness (QED) is 0.0438. The number of carboxylic acid groups (broad SMARTS) is 1. The van der Waals surface area contributed by atoms with Gasteiger partial charge in [0.25, 0.3) is 0 Å². The molecule has 0 N–H and O–H groups in total. The fraction of sp³-hybridized carbons (Fsp3) is 0.917. The summed E-state index contributed by atoms with van der Waals surface area (Å²) in [5.41, 5.74) is 0. The first-order valence-electron chi connectivity index (χ1n) is 18.1. The zero-order valence-corrected chi connectivity index (χ0v) is 29.3. The van der Waals surface area contributed by atoms with E-state index in [4.69, 9.17) is 14.2 Å². The molecule has 0 saturated carbocycles. The average Bonchev–Trinajstić information content (AvgIpc) is 2.96. The molecule has 0 saturated heterocycles. The zero-order chi connectivity index (χ0) is 32.9. The monoisotopic (exact) mass is 628 g/mol. The minimum absolute atomic E-state index is 0.0456. The molecule has 0 aliphatic carbocycles. The summed E-state index contributed by atoms with van der Waals surface area (Å²) in [4.78, 5) is 36.1. The summed E-state index contributed by atoms with van der Waals surface area (Å²) in [6, 6.07) is -0.716. The first kappa shape index (κ1) is 42.3. The SMILES string of the molecule is CCCCCCCCCCCCCCCCCCCC(=O)OC(COCCC(C(=O)[O-])[N+](C)(C)C)COC(=O)CCCCC. The Morgan fingerprint density at radius 2 is 1.00 bits per heavy atom. The number of esters is 2. The van der Waals surface area contributed by atoms with Crippen molar-refractivity contribution < 1.29 is 38.2 Å². The number of hydrogen-bond acceptors (Lipinski definition) is 7. The number of quaternary nitrogens is 1. The molecule has 0 aliphatic heterocycles. The molecule has 260 valence electrons. The fourth-order valence-electron chi connectivity index (χ4n) is 5.36. The summed E-state index contributed by atoms with van der Waals surface area (Å²) in [7, 11) is 5.38. The lowest BCUT2D eigenvalue weighted by molar-refractivity contribution is -0.889. The number of aliphatic carboxylic acids is 1. The third-order valence-electron chi connectivity index (χ3n) is 8.24. The van der Waals surface area contributed by atoms with Gasteiger partial charge in [-0.1, -0.05) is 129 Å². The number of carbonyl (C=O) groups is 3. The highest BCUT2D eigenvalue weighted by molar-refractivity contribution is 5.70. The van der Waals surface area contributed by atoms with Gasteiger partial charge in [0.05, 0.1) is 40.3 Å². The number of nitrogens with zero attached hydrogens (tertiary/aromatic N) is 1. The Hall–Kier alpha value is -1.67. The Labute approximate surface area is 270 Å². The van der Waals surface area contributed by atoms with Gasteiger partial charge < -0.3 is 28.6 Å². The predicted molar refractivity (Wildman–Crippen MR) is 176 cm³/mol. The van der Waals surface area contributed by atoms with E-state index < -0.39 is 18.1 Å². The van der Waals surface area contributed by atoms with Gasteiger partial charge in [0, 0.05) is 19.3 Å². The molecule has 0 spiro atoms. The van der Waals surface area contributed by atoms with Crippen LogP contribution < -0.4 is 5.11 Å². The van der Waals surface area contributed by atoms with Crippen molar-refractivity contribution in [3.8, 4) is 0 Å². The average molecular weight is 628 g/mol. The zero-order valence-electron chi connectivity index (χ0n) is 29.3. The van der Waals surface area contributed by atoms with Crippen LogP contribution in [0.4, 0.5) is 0 Å². The van der Waals surface area contributed by atoms with Gasteiger partial charge in [-0.25, -0.2) is 0 Å². The molecule has 44 heavy (non-hydrogen) atoms. The maximum atomic E-state index is 12.5. The summed E-state index contributed by atoms with van der Waals surface area (Å²) >= 11 is 0. The van der Waals surface area contributed by atoms with Crippen LogP contribution in [0, 0.1) is 0 Å². The smallest absolute Gasteiger partial charge is 0.306 e. The molecule has 0 rings (SSSR count). The van der Waals surface area contributed by atoms with Gasteiger partial charge in [-0.2, -0.15) is 0 Å². The van der Waals surface area contributed by atoms with E-state index in [0.717, 1.165) is 38.5 Å². The molecule has 0 aromatic carbocycles. The van der Waals surface area contributed by atoms with E-state index in [9.17, 15) is 19.5 Å². The van der Waals surface area contributed by atoms with Gasteiger partial charge in [0.15, 0.2) is 6.10 Å². The lowest BCUT2D eigenvalue weighted by Gasteiger charge is -2.34. The summed E-state index contributed by atoms with van der Waals surface area (Å²) in [6.07, 6.45) is 24.8. The molecule has 0 radical (unpaired) electrons. The molecule has 8 nitrogen and oxygen atoms in total. The number of unbranched alkanes of at least 4 members (excludes halogenated alkanes) is 18. The lowest BCUT2D eigenvalue weighted by atomic mass is 10.0. The molecule has 0 fully saturated rings. The van der Waals surface area contributed by atoms with Crippen LogP contribution >= 0.6 is 0 Å². The van der Waals surface area contributed by atoms with Crippen LogP contribution in [0.1, 0.15) is 162 Å². The number of ether oxygens (including phenoxy) is 3. The molecule has 0 aromatic heterocycles. The molecular weight excluding hydrogens is 558 g/mol. The van der Waals surface area contributed by atoms with E-state index in [1.165, 1.54) is 89.9 Å². The van der Waals surface area contributed by atoms with Crippen LogP contribution in [0.25, 0.3) is 0 Å². The maximum Gasteiger partial charge on any atom is 0.306 e. The molecule has 0 heterocycles. The Kier molecular flexibility index (Phi) is 27.7. The summed E-state index contributed by atoms with van der Waals surface area (Å²) in [6.45, 7) is 4.50. The van der Waals surface area contributed by atoms with Gasteiger partial charge in [-0.05, 0) is 12.8 Å². The number of rotatable bonds is 32. The van der Waals surface area contributed by atoms with Crippen molar-refractivity contribution in [2.75, 3.05) is 41.0 Å². The fourth-order valence-corrected chi connectivity index (χ4v) is 5.36. The van der Waals surface area contributed by atoms with Gasteiger partial charge in [-0.3, -0.25) is 9.59 Å². The third kappa shape index (κ3) is 26.7. The van der Waals surface area contributed by atoms with Crippen LogP contribution in [0.15, 0.2) is 0 Å². The molecule has 0 aliphatic rings. The Balaban J connectivity index is 4.14. The molecule has 2 atom stereocenters. The lowest BCUT2D eigenvalue weighted by Crippen LogP contribution is -2.55. The van der Waals surface area contributed by atoms with Gasteiger partial charge in [-0.15, -0.1) is 0 Å². The Morgan fingerprint density at radius 1 is 0.591 bits per heavy atom. The standard InChI is InChI=1S/C36H69NO7/c1-6-8-10-11-12-13-14-15-16-17-18-19-20-21-22-23-25-27-35(39)44-32(31-43-34(38)26-24-9-7-2)30-42-29-28-33(36(40)41)37(3,4)5/h32-33H,6-31H2,1-5H3. The second kappa shape index (κ2) is 28.8. The van der Waals surface area contributed by atoms with E-state index in [-0.39, 0.29) is 42.7 Å². The van der Waals surface area contributed by atoms with Crippen molar-refractivity contribution in [1.82, 2.24) is 0 Å². The van der Waals surface area contributed by atoms with Crippen LogP contribution in [-0.2, 0) is 28.6 Å². The van der Waals surface area contributed by atoms with Gasteiger partial charge in [0.1, 0.15) is 12.6 Å². The number of hydrogen-bond donors (Lipinski definition) is 0. The van der Waals surface area contributed by atoms with E-state index in [1.807, 2.05) is 0 Å². The molecule has 0 aromatic rings. The van der Waals surface area contributed by atoms with Crippen molar-refractivity contribution in [1.29, 1.82) is 0 Å². The minimum Gasteiger partial charge on any atom is -0.544 e. The molecule has 8 heteroatoms. The van der Waals surface area contributed by atoms with Gasteiger partial charge in [0.2, 0.25) is 0 Å². The van der Waals surface area contributed by atoms with Crippen molar-refractivity contribution >= 4 is 17.9 Å². The van der Waals surface area contributed by atoms with Crippen LogP contribution in [0.3, 0.4) is 0 Å². The van der Waals surface area contributed by atoms with E-state index in [0.29, 0.717) is 12.8 Å². The summed E-state index contributed by atoms with van der Waals surface area (Å²) in [5.74, 6) is -1.76. The second-order valence-electron chi connectivity index (χ2n) is 13.5. The highest BCUT2D eigenvalue weighted by Gasteiger charge is 2.25. The first-order chi connectivity index (χ1) is 21.1. The first-order valence-corrected chi connectivity index (χ1v) is 18.1. The van der Waals surface area contributed by atoms with Crippen molar-refractivity contribution in [3.63, 3.8) is 0 Å². The highest BCUT2D eigenvalue weighted by atomic mass is 16.6. The summed E-state index contributed by atoms with van der Waals surface area (Å²) in [5, 5.41) is 11.5. The molecule has 2 unspecified atom stereocenters. The molecule has 0 bridgehead atoms.